The molecule has 2 rings (SSSR count). The minimum Gasteiger partial charge on any atom is -0.321 e. The zero-order valence-electron chi connectivity index (χ0n) is 9.90. The van der Waals surface area contributed by atoms with Gasteiger partial charge < -0.3 is 10.6 Å². The van der Waals surface area contributed by atoms with Crippen molar-refractivity contribution in [1.29, 1.82) is 0 Å². The molecule has 1 aliphatic rings. The van der Waals surface area contributed by atoms with E-state index in [9.17, 15) is 22.4 Å². The lowest BCUT2D eigenvalue weighted by Gasteiger charge is -2.11. The van der Waals surface area contributed by atoms with Crippen LogP contribution in [-0.4, -0.2) is 19.0 Å². The molecule has 1 aromatic carbocycles. The van der Waals surface area contributed by atoms with E-state index in [0.29, 0.717) is 6.54 Å². The average molecular weight is 276 g/mol. The van der Waals surface area contributed by atoms with E-state index in [0.717, 1.165) is 13.0 Å². The Labute approximate surface area is 107 Å². The van der Waals surface area contributed by atoms with Crippen molar-refractivity contribution in [1.82, 2.24) is 5.32 Å². The van der Waals surface area contributed by atoms with Crippen LogP contribution in [0.3, 0.4) is 0 Å². The van der Waals surface area contributed by atoms with Crippen LogP contribution in [0.5, 0.6) is 0 Å². The van der Waals surface area contributed by atoms with Gasteiger partial charge >= 0.3 is 0 Å². The number of hydrogen-bond acceptors (Lipinski definition) is 2. The van der Waals surface area contributed by atoms with E-state index < -0.39 is 34.9 Å². The summed E-state index contributed by atoms with van der Waals surface area (Å²) in [6, 6.07) is 0.0984. The Morgan fingerprint density at radius 1 is 1.26 bits per heavy atom. The van der Waals surface area contributed by atoms with Gasteiger partial charge in [0.25, 0.3) is 0 Å². The van der Waals surface area contributed by atoms with E-state index in [-0.39, 0.29) is 18.4 Å². The lowest BCUT2D eigenvalue weighted by molar-refractivity contribution is -0.117. The van der Waals surface area contributed by atoms with E-state index in [1.54, 1.807) is 0 Å². The van der Waals surface area contributed by atoms with Crippen molar-refractivity contribution in [2.75, 3.05) is 18.4 Å². The van der Waals surface area contributed by atoms with Gasteiger partial charge in [0.05, 0.1) is 0 Å². The topological polar surface area (TPSA) is 41.1 Å². The maximum absolute atomic E-state index is 13.3. The molecule has 1 atom stereocenters. The number of halogens is 4. The van der Waals surface area contributed by atoms with Crippen LogP contribution in [0.2, 0.25) is 0 Å². The molecular formula is C12H12F4N2O. The Balaban J connectivity index is 2.11. The number of amides is 1. The second kappa shape index (κ2) is 5.56. The van der Waals surface area contributed by atoms with Crippen LogP contribution < -0.4 is 10.6 Å². The Morgan fingerprint density at radius 2 is 1.89 bits per heavy atom. The second-order valence-electron chi connectivity index (χ2n) is 4.45. The SMILES string of the molecule is O=C(CC1CCNC1)Nc1c(F)c(F)cc(F)c1F. The summed E-state index contributed by atoms with van der Waals surface area (Å²) in [6.45, 7) is 1.41. The first kappa shape index (κ1) is 13.8. The first-order chi connectivity index (χ1) is 8.99. The van der Waals surface area contributed by atoms with Gasteiger partial charge in [0.2, 0.25) is 5.91 Å². The van der Waals surface area contributed by atoms with Gasteiger partial charge in [0.15, 0.2) is 23.3 Å². The van der Waals surface area contributed by atoms with Gasteiger partial charge in [-0.05, 0) is 25.4 Å². The van der Waals surface area contributed by atoms with Crippen molar-refractivity contribution in [3.63, 3.8) is 0 Å². The molecule has 7 heteroatoms. The molecule has 2 N–H and O–H groups in total. The van der Waals surface area contributed by atoms with Crippen molar-refractivity contribution in [3.8, 4) is 0 Å². The number of rotatable bonds is 3. The van der Waals surface area contributed by atoms with Crippen LogP contribution >= 0.6 is 0 Å². The van der Waals surface area contributed by atoms with E-state index in [2.05, 4.69) is 5.32 Å². The fourth-order valence-electron chi connectivity index (χ4n) is 2.02. The fraction of sp³-hybridized carbons (Fsp3) is 0.417. The van der Waals surface area contributed by atoms with Crippen LogP contribution in [0.4, 0.5) is 23.2 Å². The lowest BCUT2D eigenvalue weighted by atomic mass is 10.0. The molecule has 1 fully saturated rings. The van der Waals surface area contributed by atoms with E-state index in [1.165, 1.54) is 0 Å². The summed E-state index contributed by atoms with van der Waals surface area (Å²) in [6.07, 6.45) is 0.819. The lowest BCUT2D eigenvalue weighted by Crippen LogP contribution is -2.20. The molecule has 0 saturated carbocycles. The molecule has 1 aromatic rings. The number of carbonyl (C=O) groups is 1. The van der Waals surface area contributed by atoms with Gasteiger partial charge in [-0.2, -0.15) is 0 Å². The molecule has 1 aliphatic heterocycles. The molecule has 1 unspecified atom stereocenters. The molecule has 3 nitrogen and oxygen atoms in total. The molecule has 0 bridgehead atoms. The minimum atomic E-state index is -1.60. The maximum Gasteiger partial charge on any atom is 0.224 e. The van der Waals surface area contributed by atoms with E-state index in [4.69, 9.17) is 0 Å². The molecule has 1 heterocycles. The van der Waals surface area contributed by atoms with Crippen molar-refractivity contribution >= 4 is 11.6 Å². The van der Waals surface area contributed by atoms with Crippen LogP contribution in [0.25, 0.3) is 0 Å². The smallest absolute Gasteiger partial charge is 0.224 e. The third-order valence-corrected chi connectivity index (χ3v) is 3.01. The molecule has 0 aliphatic carbocycles. The first-order valence-corrected chi connectivity index (χ1v) is 5.82. The number of nitrogens with one attached hydrogen (secondary N) is 2. The molecule has 0 radical (unpaired) electrons. The van der Waals surface area contributed by atoms with E-state index >= 15 is 0 Å². The molecular weight excluding hydrogens is 264 g/mol. The fourth-order valence-corrected chi connectivity index (χ4v) is 2.02. The molecule has 1 amide bonds. The summed E-state index contributed by atoms with van der Waals surface area (Å²) < 4.78 is 52.5. The zero-order valence-corrected chi connectivity index (χ0v) is 9.90. The highest BCUT2D eigenvalue weighted by Gasteiger charge is 2.23. The predicted octanol–water partition coefficient (Wildman–Crippen LogP) is 2.18. The predicted molar refractivity (Wildman–Crippen MR) is 60.5 cm³/mol. The van der Waals surface area contributed by atoms with Gasteiger partial charge in [-0.1, -0.05) is 0 Å². The molecule has 0 aromatic heterocycles. The maximum atomic E-state index is 13.3. The van der Waals surface area contributed by atoms with Crippen LogP contribution in [0, 0.1) is 29.2 Å². The summed E-state index contributed by atoms with van der Waals surface area (Å²) in [5.74, 6) is -6.90. The average Bonchev–Trinajstić information content (AvgIpc) is 2.85. The highest BCUT2D eigenvalue weighted by Crippen LogP contribution is 2.24. The number of hydrogen-bond donors (Lipinski definition) is 2. The van der Waals surface area contributed by atoms with E-state index in [1.807, 2.05) is 5.32 Å². The Hall–Kier alpha value is -1.63. The third-order valence-electron chi connectivity index (χ3n) is 3.01. The van der Waals surface area contributed by atoms with Crippen molar-refractivity contribution in [3.05, 3.63) is 29.3 Å². The number of benzene rings is 1. The summed E-state index contributed by atoms with van der Waals surface area (Å²) in [5.41, 5.74) is -1.08. The van der Waals surface area contributed by atoms with Gasteiger partial charge in [0, 0.05) is 12.5 Å². The summed E-state index contributed by atoms with van der Waals surface area (Å²) in [5, 5.41) is 4.92. The number of anilines is 1. The summed E-state index contributed by atoms with van der Waals surface area (Å²) in [7, 11) is 0. The molecule has 104 valence electrons. The van der Waals surface area contributed by atoms with Gasteiger partial charge in [-0.15, -0.1) is 0 Å². The van der Waals surface area contributed by atoms with Crippen LogP contribution in [-0.2, 0) is 4.79 Å². The summed E-state index contributed by atoms with van der Waals surface area (Å²) >= 11 is 0. The van der Waals surface area contributed by atoms with Crippen molar-refractivity contribution in [2.24, 2.45) is 5.92 Å². The van der Waals surface area contributed by atoms with Crippen molar-refractivity contribution in [2.45, 2.75) is 12.8 Å². The molecule has 0 spiro atoms. The monoisotopic (exact) mass is 276 g/mol. The summed E-state index contributed by atoms with van der Waals surface area (Å²) in [4.78, 5) is 11.6. The Bertz CT molecular complexity index is 475. The largest absolute Gasteiger partial charge is 0.321 e. The normalized spacial score (nSPS) is 18.6. The third kappa shape index (κ3) is 3.04. The standard InChI is InChI=1S/C12H12F4N2O/c13-7-4-8(14)11(16)12(10(7)15)18-9(19)3-6-1-2-17-5-6/h4,6,17H,1-3,5H2,(H,18,19). The Morgan fingerprint density at radius 3 is 2.42 bits per heavy atom. The zero-order chi connectivity index (χ0) is 14.0. The Kier molecular flexibility index (Phi) is 4.04. The van der Waals surface area contributed by atoms with Crippen LogP contribution in [0.15, 0.2) is 6.07 Å². The molecule has 19 heavy (non-hydrogen) atoms. The van der Waals surface area contributed by atoms with Crippen LogP contribution in [0.1, 0.15) is 12.8 Å². The quantitative estimate of drug-likeness (QED) is 0.656. The first-order valence-electron chi connectivity index (χ1n) is 5.82. The highest BCUT2D eigenvalue weighted by molar-refractivity contribution is 5.91. The van der Waals surface area contributed by atoms with Crippen molar-refractivity contribution < 1.29 is 22.4 Å². The van der Waals surface area contributed by atoms with Gasteiger partial charge in [-0.25, -0.2) is 17.6 Å². The number of carbonyl (C=O) groups excluding carboxylic acids is 1. The van der Waals surface area contributed by atoms with Gasteiger partial charge in [0.1, 0.15) is 5.69 Å². The van der Waals surface area contributed by atoms with Gasteiger partial charge in [-0.3, -0.25) is 4.79 Å². The minimum absolute atomic E-state index is 0.0456. The molecule has 1 saturated heterocycles. The second-order valence-corrected chi connectivity index (χ2v) is 4.45. The highest BCUT2D eigenvalue weighted by atomic mass is 19.2.